The van der Waals surface area contributed by atoms with E-state index >= 15 is 0 Å². The summed E-state index contributed by atoms with van der Waals surface area (Å²) in [6, 6.07) is 33.7. The first kappa shape index (κ1) is 25.6. The number of rotatable bonds is 15. The molecule has 176 valence electrons. The van der Waals surface area contributed by atoms with E-state index in [9.17, 15) is 0 Å². The van der Waals surface area contributed by atoms with Gasteiger partial charge in [-0.05, 0) is 62.1 Å². The number of ether oxygens (including phenoxy) is 2. The molecule has 0 saturated carbocycles. The van der Waals surface area contributed by atoms with Crippen LogP contribution >= 0.6 is 7.26 Å². The van der Waals surface area contributed by atoms with Gasteiger partial charge in [-0.1, -0.05) is 80.3 Å². The van der Waals surface area contributed by atoms with E-state index in [1.807, 2.05) is 0 Å². The normalized spacial score (nSPS) is 11.7. The molecule has 0 bridgehead atoms. The van der Waals surface area contributed by atoms with E-state index in [1.165, 1.54) is 67.0 Å². The summed E-state index contributed by atoms with van der Waals surface area (Å²) >= 11 is 0. The summed E-state index contributed by atoms with van der Waals surface area (Å²) in [5, 5.41) is 4.48. The van der Waals surface area contributed by atoms with Crippen molar-refractivity contribution >= 4 is 23.2 Å². The molecule has 0 N–H and O–H groups in total. The van der Waals surface area contributed by atoms with Crippen LogP contribution in [0.25, 0.3) is 0 Å². The molecule has 0 heterocycles. The number of hydrogen-bond acceptors (Lipinski definition) is 2. The standard InChI is InChI=1S/C30H40O2P/c1-31-30(32-2)25-17-6-4-3-5-7-18-26-33(27-19-11-8-12-20-27,28-21-13-9-14-22-28)29-23-15-10-16-24-29/h8-16,19-24,30H,3-7,17-18,25-26H2,1-2H3/q+1. The van der Waals surface area contributed by atoms with Crippen LogP contribution in [0.4, 0.5) is 0 Å². The molecular weight excluding hydrogens is 423 g/mol. The fraction of sp³-hybridized carbons (Fsp3) is 0.400. The Bertz CT molecular complexity index is 782. The Labute approximate surface area is 201 Å². The van der Waals surface area contributed by atoms with Crippen molar-refractivity contribution in [3.8, 4) is 0 Å². The zero-order valence-corrected chi connectivity index (χ0v) is 21.3. The van der Waals surface area contributed by atoms with Crippen molar-refractivity contribution in [2.75, 3.05) is 20.4 Å². The van der Waals surface area contributed by atoms with Crippen LogP contribution in [0.3, 0.4) is 0 Å². The first-order valence-electron chi connectivity index (χ1n) is 12.4. The third-order valence-corrected chi connectivity index (χ3v) is 11.1. The third-order valence-electron chi connectivity index (χ3n) is 6.55. The molecule has 3 heteroatoms. The highest BCUT2D eigenvalue weighted by Crippen LogP contribution is 2.55. The van der Waals surface area contributed by atoms with Crippen LogP contribution < -0.4 is 15.9 Å². The summed E-state index contributed by atoms with van der Waals surface area (Å²) in [7, 11) is 1.77. The Morgan fingerprint density at radius 2 is 0.879 bits per heavy atom. The molecule has 0 amide bonds. The molecule has 0 spiro atoms. The molecule has 3 aromatic rings. The van der Waals surface area contributed by atoms with Crippen LogP contribution in [-0.2, 0) is 9.47 Å². The van der Waals surface area contributed by atoms with Crippen molar-refractivity contribution in [2.24, 2.45) is 0 Å². The lowest BCUT2D eigenvalue weighted by atomic mass is 10.1. The highest BCUT2D eigenvalue weighted by Gasteiger charge is 2.44. The summed E-state index contributed by atoms with van der Waals surface area (Å²) in [5.74, 6) is 0. The first-order chi connectivity index (χ1) is 16.3. The molecule has 0 aliphatic rings. The Morgan fingerprint density at radius 1 is 0.515 bits per heavy atom. The van der Waals surface area contributed by atoms with Gasteiger partial charge in [-0.25, -0.2) is 0 Å². The molecule has 0 aliphatic heterocycles. The van der Waals surface area contributed by atoms with Crippen LogP contribution in [0.1, 0.15) is 51.4 Å². The van der Waals surface area contributed by atoms with E-state index in [0.717, 1.165) is 6.42 Å². The molecule has 0 fully saturated rings. The molecule has 3 rings (SSSR count). The maximum absolute atomic E-state index is 5.28. The fourth-order valence-corrected chi connectivity index (χ4v) is 9.17. The predicted molar refractivity (Wildman–Crippen MR) is 145 cm³/mol. The summed E-state index contributed by atoms with van der Waals surface area (Å²) in [4.78, 5) is 0. The van der Waals surface area contributed by atoms with Gasteiger partial charge in [0, 0.05) is 14.2 Å². The van der Waals surface area contributed by atoms with E-state index < -0.39 is 7.26 Å². The minimum Gasteiger partial charge on any atom is -0.356 e. The topological polar surface area (TPSA) is 18.5 Å². The van der Waals surface area contributed by atoms with Crippen LogP contribution in [-0.4, -0.2) is 26.7 Å². The lowest BCUT2D eigenvalue weighted by Gasteiger charge is -2.27. The second-order valence-electron chi connectivity index (χ2n) is 8.70. The molecule has 0 aromatic heterocycles. The van der Waals surface area contributed by atoms with Crippen molar-refractivity contribution in [3.05, 3.63) is 91.0 Å². The monoisotopic (exact) mass is 463 g/mol. The van der Waals surface area contributed by atoms with Gasteiger partial charge >= 0.3 is 0 Å². The second-order valence-corrected chi connectivity index (χ2v) is 12.3. The predicted octanol–water partition coefficient (Wildman–Crippen LogP) is 6.72. The van der Waals surface area contributed by atoms with Gasteiger partial charge in [0.05, 0.1) is 6.16 Å². The van der Waals surface area contributed by atoms with E-state index in [-0.39, 0.29) is 6.29 Å². The van der Waals surface area contributed by atoms with Crippen LogP contribution in [0.15, 0.2) is 91.0 Å². The molecule has 0 radical (unpaired) electrons. The van der Waals surface area contributed by atoms with E-state index in [2.05, 4.69) is 91.0 Å². The SMILES string of the molecule is COC(CCCCCCCCC[P+](c1ccccc1)(c1ccccc1)c1ccccc1)OC. The van der Waals surface area contributed by atoms with E-state index in [4.69, 9.17) is 9.47 Å². The van der Waals surface area contributed by atoms with Gasteiger partial charge in [-0.2, -0.15) is 0 Å². The average molecular weight is 464 g/mol. The minimum absolute atomic E-state index is 0.0453. The molecular formula is C30H40O2P+. The largest absolute Gasteiger partial charge is 0.356 e. The Hall–Kier alpha value is -1.99. The van der Waals surface area contributed by atoms with Crippen LogP contribution in [0, 0.1) is 0 Å². The molecule has 3 aromatic carbocycles. The zero-order chi connectivity index (χ0) is 23.2. The van der Waals surface area contributed by atoms with Crippen molar-refractivity contribution in [1.82, 2.24) is 0 Å². The van der Waals surface area contributed by atoms with Crippen molar-refractivity contribution in [1.29, 1.82) is 0 Å². The highest BCUT2D eigenvalue weighted by molar-refractivity contribution is 7.95. The Balaban J connectivity index is 1.63. The Kier molecular flexibility index (Phi) is 11.1. The summed E-state index contributed by atoms with van der Waals surface area (Å²) < 4.78 is 10.6. The lowest BCUT2D eigenvalue weighted by molar-refractivity contribution is -0.107. The van der Waals surface area contributed by atoms with E-state index in [0.29, 0.717) is 0 Å². The van der Waals surface area contributed by atoms with Crippen molar-refractivity contribution in [3.63, 3.8) is 0 Å². The van der Waals surface area contributed by atoms with Crippen LogP contribution in [0.2, 0.25) is 0 Å². The maximum Gasteiger partial charge on any atom is 0.156 e. The number of methoxy groups -OCH3 is 2. The van der Waals surface area contributed by atoms with Gasteiger partial charge in [0.2, 0.25) is 0 Å². The van der Waals surface area contributed by atoms with Gasteiger partial charge in [-0.3, -0.25) is 0 Å². The number of benzene rings is 3. The van der Waals surface area contributed by atoms with Crippen molar-refractivity contribution in [2.45, 2.75) is 57.7 Å². The van der Waals surface area contributed by atoms with E-state index in [1.54, 1.807) is 14.2 Å². The second kappa shape index (κ2) is 14.3. The maximum atomic E-state index is 5.28. The molecule has 0 aliphatic carbocycles. The molecule has 0 saturated heterocycles. The first-order valence-corrected chi connectivity index (χ1v) is 14.4. The Morgan fingerprint density at radius 3 is 1.27 bits per heavy atom. The number of hydrogen-bond donors (Lipinski definition) is 0. The average Bonchev–Trinajstić information content (AvgIpc) is 2.89. The van der Waals surface area contributed by atoms with Gasteiger partial charge < -0.3 is 9.47 Å². The van der Waals surface area contributed by atoms with Gasteiger partial charge in [0.15, 0.2) is 6.29 Å². The summed E-state index contributed by atoms with van der Waals surface area (Å²) in [6.45, 7) is 0. The molecule has 2 nitrogen and oxygen atoms in total. The smallest absolute Gasteiger partial charge is 0.156 e. The van der Waals surface area contributed by atoms with Gasteiger partial charge in [-0.15, -0.1) is 0 Å². The summed E-state index contributed by atoms with van der Waals surface area (Å²) in [5.41, 5.74) is 0. The molecule has 33 heavy (non-hydrogen) atoms. The third kappa shape index (κ3) is 7.24. The number of unbranched alkanes of at least 4 members (excludes halogenated alkanes) is 6. The fourth-order valence-electron chi connectivity index (χ4n) is 4.76. The minimum atomic E-state index is -1.67. The highest BCUT2D eigenvalue weighted by atomic mass is 31.2. The van der Waals surface area contributed by atoms with Gasteiger partial charge in [0.25, 0.3) is 0 Å². The quantitative estimate of drug-likeness (QED) is 0.141. The van der Waals surface area contributed by atoms with Gasteiger partial charge in [0.1, 0.15) is 23.2 Å². The zero-order valence-electron chi connectivity index (χ0n) is 20.4. The van der Waals surface area contributed by atoms with Crippen LogP contribution in [0.5, 0.6) is 0 Å². The summed E-state index contributed by atoms with van der Waals surface area (Å²) in [6.07, 6.45) is 11.1. The lowest BCUT2D eigenvalue weighted by Crippen LogP contribution is -2.33. The molecule has 0 atom stereocenters. The molecule has 0 unspecified atom stereocenters. The van der Waals surface area contributed by atoms with Crippen molar-refractivity contribution < 1.29 is 9.47 Å².